The number of carbonyl (C=O) groups is 1. The number of nitrogens with two attached hydrogens (primary N) is 1. The molecule has 2 aliphatic carbocycles. The van der Waals surface area contributed by atoms with Crippen LogP contribution in [0, 0.1) is 0 Å². The number of aryl methyl sites for hydroxylation is 1. The zero-order valence-corrected chi connectivity index (χ0v) is 14.7. The van der Waals surface area contributed by atoms with Crippen molar-refractivity contribution in [2.75, 3.05) is 6.54 Å². The fourth-order valence-electron chi connectivity index (χ4n) is 4.05. The molecule has 0 spiro atoms. The second kappa shape index (κ2) is 8.16. The Labute approximate surface area is 145 Å². The smallest absolute Gasteiger partial charge is 0.220 e. The normalized spacial score (nSPS) is 22.0. The van der Waals surface area contributed by atoms with Crippen molar-refractivity contribution in [2.24, 2.45) is 5.73 Å². The second-order valence-corrected chi connectivity index (χ2v) is 7.17. The largest absolute Gasteiger partial charge is 0.354 e. The maximum atomic E-state index is 12.1. The molecule has 0 bridgehead atoms. The lowest BCUT2D eigenvalue weighted by atomic mass is 9.82. The molecule has 2 aliphatic rings. The van der Waals surface area contributed by atoms with Gasteiger partial charge in [-0.1, -0.05) is 43.5 Å². The van der Waals surface area contributed by atoms with E-state index in [0.29, 0.717) is 18.9 Å². The van der Waals surface area contributed by atoms with E-state index < -0.39 is 0 Å². The van der Waals surface area contributed by atoms with Gasteiger partial charge in [0.1, 0.15) is 0 Å². The summed E-state index contributed by atoms with van der Waals surface area (Å²) < 4.78 is 0. The number of amides is 1. The van der Waals surface area contributed by atoms with E-state index in [1.807, 2.05) is 0 Å². The molecule has 1 atom stereocenters. The summed E-state index contributed by atoms with van der Waals surface area (Å²) in [6.07, 6.45) is 9.70. The number of hydrogen-bond donors (Lipinski definition) is 2. The van der Waals surface area contributed by atoms with Crippen LogP contribution in [0.25, 0.3) is 0 Å². The van der Waals surface area contributed by atoms with Crippen LogP contribution in [0.2, 0.25) is 0 Å². The monoisotopic (exact) mass is 336 g/mol. The van der Waals surface area contributed by atoms with E-state index in [2.05, 4.69) is 29.6 Å². The highest BCUT2D eigenvalue weighted by molar-refractivity contribution is 5.85. The molecule has 0 heterocycles. The zero-order chi connectivity index (χ0) is 15.4. The van der Waals surface area contributed by atoms with Gasteiger partial charge in [-0.25, -0.2) is 0 Å². The van der Waals surface area contributed by atoms with Crippen LogP contribution in [0.3, 0.4) is 0 Å². The first kappa shape index (κ1) is 18.3. The third-order valence-electron chi connectivity index (χ3n) is 5.46. The van der Waals surface area contributed by atoms with Gasteiger partial charge in [0.05, 0.1) is 0 Å². The molecule has 128 valence electrons. The van der Waals surface area contributed by atoms with Crippen molar-refractivity contribution < 1.29 is 4.79 Å². The van der Waals surface area contributed by atoms with Crippen LogP contribution in [-0.2, 0) is 11.2 Å². The molecular formula is C19H29ClN2O. The molecule has 0 aromatic heterocycles. The van der Waals surface area contributed by atoms with Crippen molar-refractivity contribution in [3.8, 4) is 0 Å². The lowest BCUT2D eigenvalue weighted by Gasteiger charge is -2.33. The van der Waals surface area contributed by atoms with Crippen molar-refractivity contribution >= 4 is 18.3 Å². The second-order valence-electron chi connectivity index (χ2n) is 7.17. The topological polar surface area (TPSA) is 55.1 Å². The van der Waals surface area contributed by atoms with Gasteiger partial charge in [-0.15, -0.1) is 12.4 Å². The number of nitrogens with one attached hydrogen (secondary N) is 1. The van der Waals surface area contributed by atoms with Crippen LogP contribution >= 0.6 is 12.4 Å². The summed E-state index contributed by atoms with van der Waals surface area (Å²) in [5.41, 5.74) is 9.14. The highest BCUT2D eigenvalue weighted by Gasteiger charge is 2.28. The van der Waals surface area contributed by atoms with Gasteiger partial charge in [-0.3, -0.25) is 4.79 Å². The molecule has 1 fully saturated rings. The van der Waals surface area contributed by atoms with Gasteiger partial charge in [0, 0.05) is 18.5 Å². The van der Waals surface area contributed by atoms with Crippen LogP contribution < -0.4 is 11.1 Å². The summed E-state index contributed by atoms with van der Waals surface area (Å²) in [6, 6.07) is 8.66. The Morgan fingerprint density at radius 3 is 2.74 bits per heavy atom. The van der Waals surface area contributed by atoms with Gasteiger partial charge in [0.2, 0.25) is 5.91 Å². The number of carbonyl (C=O) groups excluding carboxylic acids is 1. The van der Waals surface area contributed by atoms with E-state index in [1.54, 1.807) is 0 Å². The molecule has 1 aromatic rings. The van der Waals surface area contributed by atoms with Gasteiger partial charge in [0.15, 0.2) is 0 Å². The Kier molecular flexibility index (Phi) is 6.49. The summed E-state index contributed by atoms with van der Waals surface area (Å²) in [4.78, 5) is 12.1. The summed E-state index contributed by atoms with van der Waals surface area (Å²) >= 11 is 0. The maximum Gasteiger partial charge on any atom is 0.220 e. The molecule has 3 nitrogen and oxygen atoms in total. The minimum atomic E-state index is -0.159. The van der Waals surface area contributed by atoms with E-state index >= 15 is 0 Å². The Hall–Kier alpha value is -1.06. The highest BCUT2D eigenvalue weighted by Crippen LogP contribution is 2.35. The van der Waals surface area contributed by atoms with Gasteiger partial charge >= 0.3 is 0 Å². The predicted molar refractivity (Wildman–Crippen MR) is 97.0 cm³/mol. The summed E-state index contributed by atoms with van der Waals surface area (Å²) in [7, 11) is 0. The standard InChI is InChI=1S/C19H28N2O.ClH/c20-19(12-4-1-5-13-19)14-21-18(22)11-10-16-9-8-15-6-2-3-7-17(15)16;/h2-3,6-7,16H,1,4-5,8-14,20H2,(H,21,22);1H. The van der Waals surface area contributed by atoms with E-state index in [-0.39, 0.29) is 23.9 Å². The van der Waals surface area contributed by atoms with Crippen LogP contribution in [0.1, 0.15) is 68.4 Å². The van der Waals surface area contributed by atoms with Crippen molar-refractivity contribution in [2.45, 2.75) is 69.2 Å². The fourth-order valence-corrected chi connectivity index (χ4v) is 4.05. The van der Waals surface area contributed by atoms with E-state index in [0.717, 1.165) is 25.7 Å². The van der Waals surface area contributed by atoms with E-state index in [4.69, 9.17) is 5.73 Å². The molecule has 1 amide bonds. The summed E-state index contributed by atoms with van der Waals surface area (Å²) in [6.45, 7) is 0.646. The quantitative estimate of drug-likeness (QED) is 0.861. The van der Waals surface area contributed by atoms with Gasteiger partial charge < -0.3 is 11.1 Å². The lowest BCUT2D eigenvalue weighted by Crippen LogP contribution is -2.51. The number of hydrogen-bond acceptors (Lipinski definition) is 2. The summed E-state index contributed by atoms with van der Waals surface area (Å²) in [5, 5.41) is 3.08. The van der Waals surface area contributed by atoms with Crippen LogP contribution in [0.4, 0.5) is 0 Å². The van der Waals surface area contributed by atoms with Crippen molar-refractivity contribution in [1.82, 2.24) is 5.32 Å². The third-order valence-corrected chi connectivity index (χ3v) is 5.46. The van der Waals surface area contributed by atoms with E-state index in [1.165, 1.54) is 36.8 Å². The number of benzene rings is 1. The SMILES string of the molecule is Cl.NC1(CNC(=O)CCC2CCc3ccccc32)CCCCC1. The molecular weight excluding hydrogens is 308 g/mol. The molecule has 4 heteroatoms. The van der Waals surface area contributed by atoms with Crippen LogP contribution in [0.5, 0.6) is 0 Å². The van der Waals surface area contributed by atoms with Crippen molar-refractivity contribution in [3.63, 3.8) is 0 Å². The lowest BCUT2D eigenvalue weighted by molar-refractivity contribution is -0.121. The van der Waals surface area contributed by atoms with Crippen LogP contribution in [0.15, 0.2) is 24.3 Å². The Morgan fingerprint density at radius 2 is 1.96 bits per heavy atom. The fraction of sp³-hybridized carbons (Fsp3) is 0.632. The average molecular weight is 337 g/mol. The van der Waals surface area contributed by atoms with Gasteiger partial charge in [-0.05, 0) is 49.1 Å². The summed E-state index contributed by atoms with van der Waals surface area (Å²) in [5.74, 6) is 0.725. The minimum Gasteiger partial charge on any atom is -0.354 e. The number of fused-ring (bicyclic) bond motifs is 1. The Balaban J connectivity index is 0.00000192. The van der Waals surface area contributed by atoms with Gasteiger partial charge in [-0.2, -0.15) is 0 Å². The first-order chi connectivity index (χ1) is 10.7. The zero-order valence-electron chi connectivity index (χ0n) is 13.9. The van der Waals surface area contributed by atoms with Crippen molar-refractivity contribution in [3.05, 3.63) is 35.4 Å². The van der Waals surface area contributed by atoms with E-state index in [9.17, 15) is 4.79 Å². The van der Waals surface area contributed by atoms with Gasteiger partial charge in [0.25, 0.3) is 0 Å². The van der Waals surface area contributed by atoms with Crippen LogP contribution in [-0.4, -0.2) is 18.0 Å². The molecule has 3 rings (SSSR count). The molecule has 1 saturated carbocycles. The molecule has 0 aliphatic heterocycles. The first-order valence-corrected chi connectivity index (χ1v) is 8.80. The predicted octanol–water partition coefficient (Wildman–Crippen LogP) is 3.70. The Bertz CT molecular complexity index is 526. The molecule has 23 heavy (non-hydrogen) atoms. The highest BCUT2D eigenvalue weighted by atomic mass is 35.5. The molecule has 0 saturated heterocycles. The number of halogens is 1. The molecule has 0 radical (unpaired) electrons. The number of rotatable bonds is 5. The maximum absolute atomic E-state index is 12.1. The average Bonchev–Trinajstić information content (AvgIpc) is 2.95. The third kappa shape index (κ3) is 4.71. The van der Waals surface area contributed by atoms with Crippen molar-refractivity contribution in [1.29, 1.82) is 0 Å². The Morgan fingerprint density at radius 1 is 1.22 bits per heavy atom. The molecule has 1 aromatic carbocycles. The minimum absolute atomic E-state index is 0. The first-order valence-electron chi connectivity index (χ1n) is 8.80. The molecule has 3 N–H and O–H groups in total. The molecule has 1 unspecified atom stereocenters.